The number of nitrogens with zero attached hydrogens (tertiary/aromatic N) is 3. The van der Waals surface area contributed by atoms with Gasteiger partial charge >= 0.3 is 5.97 Å². The van der Waals surface area contributed by atoms with Gasteiger partial charge in [-0.05, 0) is 5.28 Å². The van der Waals surface area contributed by atoms with Crippen molar-refractivity contribution in [1.82, 2.24) is 5.01 Å². The Kier molecular flexibility index (Phi) is 2.95. The maximum Gasteiger partial charge on any atom is 0.329 e. The predicted molar refractivity (Wildman–Crippen MR) is 29.7 cm³/mol. The second-order valence-corrected chi connectivity index (χ2v) is 1.54. The van der Waals surface area contributed by atoms with Crippen molar-refractivity contribution >= 4 is 5.97 Å². The molecule has 0 amide bonds. The Bertz CT molecular complexity index is 156. The Morgan fingerprint density at radius 1 is 1.90 bits per heavy atom. The molecule has 10 heavy (non-hydrogen) atoms. The summed E-state index contributed by atoms with van der Waals surface area (Å²) in [6, 6.07) is 0. The van der Waals surface area contributed by atoms with E-state index < -0.39 is 12.5 Å². The van der Waals surface area contributed by atoms with Gasteiger partial charge in [0.15, 0.2) is 6.54 Å². The molecule has 0 unspecified atom stereocenters. The first-order valence-corrected chi connectivity index (χ1v) is 2.31. The molecule has 0 saturated carbocycles. The summed E-state index contributed by atoms with van der Waals surface area (Å²) in [6.07, 6.45) is 0. The van der Waals surface area contributed by atoms with E-state index in [0.29, 0.717) is 5.01 Å². The van der Waals surface area contributed by atoms with Crippen LogP contribution in [-0.4, -0.2) is 34.6 Å². The van der Waals surface area contributed by atoms with Crippen molar-refractivity contribution in [1.29, 1.82) is 0 Å². The molecular formula is C3H6N3O4-. The number of carboxylic acids is 1. The molecule has 0 saturated heterocycles. The Morgan fingerprint density at radius 3 is 2.70 bits per heavy atom. The largest absolute Gasteiger partial charge is 0.737 e. The fraction of sp³-hybridized carbons (Fsp3) is 0.667. The molecule has 0 aromatic carbocycles. The highest BCUT2D eigenvalue weighted by atomic mass is 16.6. The lowest BCUT2D eigenvalue weighted by molar-refractivity contribution is -0.682. The van der Waals surface area contributed by atoms with Gasteiger partial charge in [-0.3, -0.25) is 4.79 Å². The van der Waals surface area contributed by atoms with E-state index in [9.17, 15) is 15.2 Å². The van der Waals surface area contributed by atoms with Crippen LogP contribution in [0.3, 0.4) is 0 Å². The first kappa shape index (κ1) is 8.47. The average Bonchev–Trinajstić information content (AvgIpc) is 1.85. The minimum absolute atomic E-state index is 0.339. The minimum atomic E-state index is -1.20. The van der Waals surface area contributed by atoms with Crippen LogP contribution in [-0.2, 0) is 4.79 Å². The van der Waals surface area contributed by atoms with Crippen molar-refractivity contribution in [3.8, 4) is 0 Å². The minimum Gasteiger partial charge on any atom is -0.737 e. The number of carboxylic acid groups (broad SMARTS) is 1. The third-order valence-corrected chi connectivity index (χ3v) is 0.726. The quantitative estimate of drug-likeness (QED) is 0.326. The smallest absolute Gasteiger partial charge is 0.329 e. The van der Waals surface area contributed by atoms with Crippen LogP contribution in [0.4, 0.5) is 0 Å². The molecule has 0 fully saturated rings. The number of hydrogen-bond acceptors (Lipinski definition) is 4. The topological polar surface area (TPSA) is 102 Å². The van der Waals surface area contributed by atoms with Crippen LogP contribution < -0.4 is 0 Å². The second-order valence-electron chi connectivity index (χ2n) is 1.54. The normalized spacial score (nSPS) is 11.1. The fourth-order valence-corrected chi connectivity index (χ4v) is 0.319. The van der Waals surface area contributed by atoms with Crippen molar-refractivity contribution in [2.45, 2.75) is 0 Å². The van der Waals surface area contributed by atoms with Crippen LogP contribution in [0.1, 0.15) is 0 Å². The Labute approximate surface area is 56.3 Å². The van der Waals surface area contributed by atoms with Gasteiger partial charge in [-0.2, -0.15) is 0 Å². The third kappa shape index (κ3) is 2.70. The van der Waals surface area contributed by atoms with E-state index in [0.717, 1.165) is 7.05 Å². The van der Waals surface area contributed by atoms with E-state index in [1.165, 1.54) is 0 Å². The summed E-state index contributed by atoms with van der Waals surface area (Å²) in [4.78, 5) is 9.54. The molecule has 0 atom stereocenters. The van der Waals surface area contributed by atoms with Gasteiger partial charge in [0.05, 0.1) is 7.05 Å². The maximum absolute atomic E-state index is 10.1. The molecule has 0 heterocycles. The monoisotopic (exact) mass is 148 g/mol. The van der Waals surface area contributed by atoms with Crippen LogP contribution in [0.5, 0.6) is 0 Å². The van der Waals surface area contributed by atoms with Crippen molar-refractivity contribution < 1.29 is 14.9 Å². The van der Waals surface area contributed by atoms with E-state index in [4.69, 9.17) is 5.11 Å². The number of hydrogen-bond donors (Lipinski definition) is 1. The second kappa shape index (κ2) is 3.49. The predicted octanol–water partition coefficient (Wildman–Crippen LogP) is -0.622. The molecule has 0 spiro atoms. The molecule has 0 radical (unpaired) electrons. The molecule has 7 heteroatoms. The van der Waals surface area contributed by atoms with E-state index in [2.05, 4.69) is 0 Å². The third-order valence-electron chi connectivity index (χ3n) is 0.726. The summed E-state index contributed by atoms with van der Waals surface area (Å²) < 4.78 is 0. The highest BCUT2D eigenvalue weighted by molar-refractivity contribution is 5.68. The molecule has 0 aliphatic rings. The molecule has 0 bridgehead atoms. The highest BCUT2D eigenvalue weighted by Gasteiger charge is 2.08. The Morgan fingerprint density at radius 2 is 2.40 bits per heavy atom. The summed E-state index contributed by atoms with van der Waals surface area (Å²) in [7, 11) is 1.14. The number of carbonyl (C=O) groups is 1. The Hall–Kier alpha value is -1.53. The molecule has 0 aliphatic heterocycles. The summed E-state index contributed by atoms with van der Waals surface area (Å²) in [6.45, 7) is -0.546. The molecule has 0 aromatic rings. The van der Waals surface area contributed by atoms with Gasteiger partial charge in [0.25, 0.3) is 0 Å². The SMILES string of the molecule is CN(CC(=O)O)/[N+]([O-])=N/[O-]. The molecule has 7 nitrogen and oxygen atoms in total. The fourth-order valence-electron chi connectivity index (χ4n) is 0.319. The number of aliphatic carboxylic acids is 1. The summed E-state index contributed by atoms with van der Waals surface area (Å²) >= 11 is 0. The number of rotatable bonds is 3. The lowest BCUT2D eigenvalue weighted by Crippen LogP contribution is -2.31. The van der Waals surface area contributed by atoms with Gasteiger partial charge in [-0.15, -0.1) is 5.01 Å². The van der Waals surface area contributed by atoms with E-state index >= 15 is 0 Å². The van der Waals surface area contributed by atoms with Gasteiger partial charge in [0.1, 0.15) is 0 Å². The standard InChI is InChI=1S/C3H7N3O4/c1-5(2-3(7)8)6(10)4-9/h9H,2H2,1H3,(H,7,8)/p-1/b6-4-. The van der Waals surface area contributed by atoms with E-state index in [1.54, 1.807) is 0 Å². The lowest BCUT2D eigenvalue weighted by Gasteiger charge is -2.10. The van der Waals surface area contributed by atoms with E-state index in [-0.39, 0.29) is 4.97 Å². The molecule has 58 valence electrons. The van der Waals surface area contributed by atoms with Gasteiger partial charge in [0.2, 0.25) is 0 Å². The molecule has 1 N–H and O–H groups in total. The molecule has 0 rings (SSSR count). The molecular weight excluding hydrogens is 142 g/mol. The average molecular weight is 148 g/mol. The summed E-state index contributed by atoms with van der Waals surface area (Å²) in [5.41, 5.74) is 0. The van der Waals surface area contributed by atoms with Gasteiger partial charge in [-0.1, -0.05) is 0 Å². The van der Waals surface area contributed by atoms with Crippen LogP contribution in [0, 0.1) is 10.4 Å². The van der Waals surface area contributed by atoms with E-state index in [1.807, 2.05) is 5.28 Å². The van der Waals surface area contributed by atoms with Crippen LogP contribution in [0.15, 0.2) is 5.28 Å². The van der Waals surface area contributed by atoms with Crippen molar-refractivity contribution in [2.75, 3.05) is 13.6 Å². The molecule has 0 aliphatic carbocycles. The maximum atomic E-state index is 10.1. The van der Waals surface area contributed by atoms with Gasteiger partial charge in [0, 0.05) is 4.97 Å². The molecule has 0 aromatic heterocycles. The summed E-state index contributed by atoms with van der Waals surface area (Å²) in [5.74, 6) is -1.20. The zero-order valence-electron chi connectivity index (χ0n) is 5.22. The zero-order valence-corrected chi connectivity index (χ0v) is 5.22. The van der Waals surface area contributed by atoms with Gasteiger partial charge < -0.3 is 15.5 Å². The number of likely N-dealkylation sites (N-methyl/N-ethyl adjacent to an activating group) is 1. The van der Waals surface area contributed by atoms with Crippen molar-refractivity contribution in [3.05, 3.63) is 10.4 Å². The first-order valence-electron chi connectivity index (χ1n) is 2.31. The lowest BCUT2D eigenvalue weighted by atomic mass is 10.7. The first-order chi connectivity index (χ1) is 4.57. The van der Waals surface area contributed by atoms with Crippen LogP contribution in [0.2, 0.25) is 0 Å². The summed E-state index contributed by atoms with van der Waals surface area (Å²) in [5, 5.41) is 30.2. The highest BCUT2D eigenvalue weighted by Crippen LogP contribution is 1.83. The van der Waals surface area contributed by atoms with Crippen molar-refractivity contribution in [2.24, 2.45) is 5.28 Å². The van der Waals surface area contributed by atoms with Crippen molar-refractivity contribution in [3.63, 3.8) is 0 Å². The van der Waals surface area contributed by atoms with Gasteiger partial charge in [-0.25, -0.2) is 0 Å². The number of hydrazine groups is 1. The Balaban J connectivity index is 3.85. The zero-order chi connectivity index (χ0) is 8.15. The van der Waals surface area contributed by atoms with Crippen LogP contribution in [0.25, 0.3) is 0 Å². The van der Waals surface area contributed by atoms with Crippen LogP contribution >= 0.6 is 0 Å².